The highest BCUT2D eigenvalue weighted by atomic mass is 32.1. The van der Waals surface area contributed by atoms with Crippen LogP contribution in [0.25, 0.3) is 22.5 Å². The van der Waals surface area contributed by atoms with Crippen LogP contribution in [0.5, 0.6) is 0 Å². The highest BCUT2D eigenvalue weighted by molar-refractivity contribution is 7.14. The molecule has 1 amide bonds. The molecule has 0 spiro atoms. The van der Waals surface area contributed by atoms with Crippen LogP contribution in [0.15, 0.2) is 52.4 Å². The highest BCUT2D eigenvalue weighted by Crippen LogP contribution is 2.30. The third-order valence-electron chi connectivity index (χ3n) is 4.14. The Hall–Kier alpha value is -3.46. The van der Waals surface area contributed by atoms with Crippen molar-refractivity contribution in [1.29, 1.82) is 0 Å². The molecule has 0 radical (unpaired) electrons. The number of carbonyl (C=O) groups is 1. The van der Waals surface area contributed by atoms with Gasteiger partial charge in [0.1, 0.15) is 34.5 Å². The summed E-state index contributed by atoms with van der Waals surface area (Å²) >= 11 is 1.06. The molecule has 9 heteroatoms. The van der Waals surface area contributed by atoms with Gasteiger partial charge in [0, 0.05) is 16.5 Å². The third-order valence-corrected chi connectivity index (χ3v) is 4.89. The van der Waals surface area contributed by atoms with Crippen LogP contribution in [0, 0.1) is 24.4 Å². The summed E-state index contributed by atoms with van der Waals surface area (Å²) < 4.78 is 45.6. The summed E-state index contributed by atoms with van der Waals surface area (Å²) in [7, 11) is 0. The Bertz CT molecular complexity index is 1200. The van der Waals surface area contributed by atoms with Gasteiger partial charge >= 0.3 is 0 Å². The molecule has 2 aromatic carbocycles. The molecular formula is C20H12F3N3O2S. The summed E-state index contributed by atoms with van der Waals surface area (Å²) in [4.78, 5) is 16.9. The molecular weight excluding hydrogens is 403 g/mol. The molecule has 0 saturated carbocycles. The summed E-state index contributed by atoms with van der Waals surface area (Å²) in [6, 6.07) is 8.53. The van der Waals surface area contributed by atoms with Crippen molar-refractivity contribution in [3.05, 3.63) is 76.6 Å². The van der Waals surface area contributed by atoms with Gasteiger partial charge in [-0.05, 0) is 49.4 Å². The molecule has 0 unspecified atom stereocenters. The number of anilines is 1. The van der Waals surface area contributed by atoms with Gasteiger partial charge < -0.3 is 4.52 Å². The molecule has 5 nitrogen and oxygen atoms in total. The van der Waals surface area contributed by atoms with Gasteiger partial charge in [0.05, 0.1) is 5.69 Å². The third kappa shape index (κ3) is 3.77. The van der Waals surface area contributed by atoms with E-state index in [2.05, 4.69) is 15.5 Å². The number of aryl methyl sites for hydroxylation is 1. The molecule has 2 heterocycles. The largest absolute Gasteiger partial charge is 0.360 e. The van der Waals surface area contributed by atoms with Gasteiger partial charge in [-0.2, -0.15) is 0 Å². The predicted molar refractivity (Wildman–Crippen MR) is 102 cm³/mol. The van der Waals surface area contributed by atoms with E-state index >= 15 is 0 Å². The minimum Gasteiger partial charge on any atom is -0.360 e. The van der Waals surface area contributed by atoms with Gasteiger partial charge in [-0.1, -0.05) is 5.16 Å². The summed E-state index contributed by atoms with van der Waals surface area (Å²) in [5, 5.41) is 8.20. The molecule has 2 aromatic heterocycles. The molecule has 0 aliphatic carbocycles. The fraction of sp³-hybridized carbons (Fsp3) is 0.0500. The number of thiazole rings is 1. The van der Waals surface area contributed by atoms with Crippen LogP contribution >= 0.6 is 11.3 Å². The monoisotopic (exact) mass is 415 g/mol. The summed E-state index contributed by atoms with van der Waals surface area (Å²) in [6.07, 6.45) is 0. The molecule has 4 aromatic rings. The van der Waals surface area contributed by atoms with Crippen molar-refractivity contribution in [2.45, 2.75) is 6.92 Å². The van der Waals surface area contributed by atoms with E-state index < -0.39 is 23.4 Å². The normalized spacial score (nSPS) is 10.9. The molecule has 1 N–H and O–H groups in total. The molecule has 29 heavy (non-hydrogen) atoms. The second kappa shape index (κ2) is 7.51. The first kappa shape index (κ1) is 18.9. The Morgan fingerprint density at radius 3 is 2.55 bits per heavy atom. The number of amides is 1. The van der Waals surface area contributed by atoms with E-state index in [0.717, 1.165) is 29.5 Å². The maximum absolute atomic E-state index is 13.9. The van der Waals surface area contributed by atoms with Gasteiger partial charge in [-0.25, -0.2) is 18.2 Å². The topological polar surface area (TPSA) is 68.0 Å². The predicted octanol–water partition coefficient (Wildman–Crippen LogP) is 5.44. The minimum absolute atomic E-state index is 0.00471. The Morgan fingerprint density at radius 2 is 1.79 bits per heavy atom. The van der Waals surface area contributed by atoms with E-state index in [4.69, 9.17) is 4.52 Å². The van der Waals surface area contributed by atoms with Gasteiger partial charge in [0.15, 0.2) is 5.13 Å². The zero-order chi connectivity index (χ0) is 20.5. The van der Waals surface area contributed by atoms with Crippen LogP contribution in [-0.2, 0) is 0 Å². The lowest BCUT2D eigenvalue weighted by atomic mass is 10.1. The molecule has 0 saturated heterocycles. The molecule has 0 bridgehead atoms. The molecule has 0 aliphatic heterocycles. The van der Waals surface area contributed by atoms with Gasteiger partial charge in [0.2, 0.25) is 0 Å². The lowest BCUT2D eigenvalue weighted by Crippen LogP contribution is -2.13. The van der Waals surface area contributed by atoms with Crippen LogP contribution < -0.4 is 5.32 Å². The number of rotatable bonds is 4. The first-order chi connectivity index (χ1) is 13.9. The van der Waals surface area contributed by atoms with Crippen molar-refractivity contribution in [3.8, 4) is 22.5 Å². The molecule has 0 aliphatic rings. The Kier molecular flexibility index (Phi) is 4.89. The van der Waals surface area contributed by atoms with E-state index in [1.165, 1.54) is 29.6 Å². The standard InChI is InChI=1S/C20H12F3N3O2S/c1-10-17(18(26-28-10)11-2-4-12(21)5-3-11)19(27)25-20-24-16(9-29-20)14-8-13(22)6-7-15(14)23/h2-9H,1H3,(H,24,25,27). The number of carbonyl (C=O) groups excluding carboxylic acids is 1. The first-order valence-corrected chi connectivity index (χ1v) is 9.25. The average molecular weight is 415 g/mol. The van der Waals surface area contributed by atoms with Gasteiger partial charge in [-0.3, -0.25) is 10.1 Å². The van der Waals surface area contributed by atoms with Crippen molar-refractivity contribution in [3.63, 3.8) is 0 Å². The Balaban J connectivity index is 1.61. The van der Waals surface area contributed by atoms with Crippen LogP contribution in [0.2, 0.25) is 0 Å². The van der Waals surface area contributed by atoms with Crippen molar-refractivity contribution < 1.29 is 22.5 Å². The number of nitrogens with zero attached hydrogens (tertiary/aromatic N) is 2. The van der Waals surface area contributed by atoms with Gasteiger partial charge in [-0.15, -0.1) is 11.3 Å². The van der Waals surface area contributed by atoms with E-state index in [0.29, 0.717) is 5.56 Å². The lowest BCUT2D eigenvalue weighted by molar-refractivity contribution is 0.102. The summed E-state index contributed by atoms with van der Waals surface area (Å²) in [5.41, 5.74) is 1.13. The summed E-state index contributed by atoms with van der Waals surface area (Å²) in [5.74, 6) is -1.90. The van der Waals surface area contributed by atoms with E-state index in [9.17, 15) is 18.0 Å². The van der Waals surface area contributed by atoms with Crippen molar-refractivity contribution in [2.24, 2.45) is 0 Å². The number of benzene rings is 2. The molecule has 4 rings (SSSR count). The number of aromatic nitrogens is 2. The summed E-state index contributed by atoms with van der Waals surface area (Å²) in [6.45, 7) is 1.57. The Morgan fingerprint density at radius 1 is 1.07 bits per heavy atom. The number of hydrogen-bond donors (Lipinski definition) is 1. The SMILES string of the molecule is Cc1onc(-c2ccc(F)cc2)c1C(=O)Nc1nc(-c2cc(F)ccc2F)cs1. The second-order valence-corrected chi connectivity index (χ2v) is 6.94. The molecule has 146 valence electrons. The smallest absolute Gasteiger partial charge is 0.263 e. The minimum atomic E-state index is -0.622. The van der Waals surface area contributed by atoms with Crippen molar-refractivity contribution in [1.82, 2.24) is 10.1 Å². The van der Waals surface area contributed by atoms with Crippen LogP contribution in [0.1, 0.15) is 16.1 Å². The van der Waals surface area contributed by atoms with Crippen molar-refractivity contribution >= 4 is 22.4 Å². The quantitative estimate of drug-likeness (QED) is 0.482. The number of hydrogen-bond acceptors (Lipinski definition) is 5. The maximum Gasteiger partial charge on any atom is 0.263 e. The van der Waals surface area contributed by atoms with Crippen molar-refractivity contribution in [2.75, 3.05) is 5.32 Å². The van der Waals surface area contributed by atoms with Crippen LogP contribution in [-0.4, -0.2) is 16.0 Å². The first-order valence-electron chi connectivity index (χ1n) is 8.37. The second-order valence-electron chi connectivity index (χ2n) is 6.09. The fourth-order valence-electron chi connectivity index (χ4n) is 2.75. The molecule has 0 atom stereocenters. The fourth-order valence-corrected chi connectivity index (χ4v) is 3.46. The Labute approximate surface area is 166 Å². The number of halogens is 3. The zero-order valence-corrected chi connectivity index (χ0v) is 15.7. The lowest BCUT2D eigenvalue weighted by Gasteiger charge is -2.03. The van der Waals surface area contributed by atoms with E-state index in [1.807, 2.05) is 0 Å². The maximum atomic E-state index is 13.9. The average Bonchev–Trinajstić information content (AvgIpc) is 3.31. The number of nitrogens with one attached hydrogen (secondary N) is 1. The van der Waals surface area contributed by atoms with Crippen LogP contribution in [0.4, 0.5) is 18.3 Å². The van der Waals surface area contributed by atoms with E-state index in [-0.39, 0.29) is 33.4 Å². The highest BCUT2D eigenvalue weighted by Gasteiger charge is 2.23. The molecule has 0 fully saturated rings. The van der Waals surface area contributed by atoms with E-state index in [1.54, 1.807) is 6.92 Å². The van der Waals surface area contributed by atoms with Gasteiger partial charge in [0.25, 0.3) is 5.91 Å². The zero-order valence-electron chi connectivity index (χ0n) is 14.9. The van der Waals surface area contributed by atoms with Crippen LogP contribution in [0.3, 0.4) is 0 Å².